The number of aromatic nitrogens is 2. The first-order valence-electron chi connectivity index (χ1n) is 7.75. The highest BCUT2D eigenvalue weighted by molar-refractivity contribution is 5.62. The van der Waals surface area contributed by atoms with Gasteiger partial charge >= 0.3 is 0 Å². The summed E-state index contributed by atoms with van der Waals surface area (Å²) in [5, 5.41) is 9.14. The Labute approximate surface area is 143 Å². The molecule has 1 heterocycles. The SMILES string of the molecule is CC(Oc1cc(C#N)c(N)cc1OC1CC1)c1ncc(C(F)F)cn1. The van der Waals surface area contributed by atoms with Gasteiger partial charge in [0.05, 0.1) is 22.9 Å². The molecule has 6 nitrogen and oxygen atoms in total. The quantitative estimate of drug-likeness (QED) is 0.804. The Morgan fingerprint density at radius 3 is 2.48 bits per heavy atom. The molecule has 2 aromatic rings. The average molecular weight is 346 g/mol. The fourth-order valence-corrected chi connectivity index (χ4v) is 2.14. The maximum Gasteiger partial charge on any atom is 0.266 e. The van der Waals surface area contributed by atoms with E-state index in [1.54, 1.807) is 13.0 Å². The summed E-state index contributed by atoms with van der Waals surface area (Å²) in [6.07, 6.45) is 0.908. The van der Waals surface area contributed by atoms with Crippen LogP contribution in [0, 0.1) is 11.3 Å². The normalized spacial score (nSPS) is 14.8. The van der Waals surface area contributed by atoms with E-state index in [-0.39, 0.29) is 23.1 Å². The zero-order valence-corrected chi connectivity index (χ0v) is 13.4. The lowest BCUT2D eigenvalue weighted by Gasteiger charge is -2.18. The molecule has 0 spiro atoms. The number of hydrogen-bond donors (Lipinski definition) is 1. The van der Waals surface area contributed by atoms with Gasteiger partial charge in [-0.05, 0) is 19.8 Å². The predicted octanol–water partition coefficient (Wildman–Crippen LogP) is 3.55. The summed E-state index contributed by atoms with van der Waals surface area (Å²) >= 11 is 0. The maximum atomic E-state index is 12.6. The Morgan fingerprint density at radius 1 is 1.24 bits per heavy atom. The number of alkyl halides is 2. The number of anilines is 1. The van der Waals surface area contributed by atoms with Crippen LogP contribution in [0.15, 0.2) is 24.5 Å². The molecule has 2 N–H and O–H groups in total. The second kappa shape index (κ2) is 6.89. The molecule has 8 heteroatoms. The molecular weight excluding hydrogens is 330 g/mol. The smallest absolute Gasteiger partial charge is 0.266 e. The van der Waals surface area contributed by atoms with E-state index in [9.17, 15) is 8.78 Å². The first-order valence-corrected chi connectivity index (χ1v) is 7.75. The number of halogens is 2. The first-order chi connectivity index (χ1) is 12.0. The van der Waals surface area contributed by atoms with Gasteiger partial charge < -0.3 is 15.2 Å². The summed E-state index contributed by atoms with van der Waals surface area (Å²) in [6.45, 7) is 1.68. The van der Waals surface area contributed by atoms with Gasteiger partial charge in [-0.3, -0.25) is 0 Å². The fourth-order valence-electron chi connectivity index (χ4n) is 2.14. The topological polar surface area (TPSA) is 94.0 Å². The number of nitrogens with zero attached hydrogens (tertiary/aromatic N) is 3. The van der Waals surface area contributed by atoms with E-state index >= 15 is 0 Å². The van der Waals surface area contributed by atoms with Crippen molar-refractivity contribution in [3.05, 3.63) is 41.5 Å². The van der Waals surface area contributed by atoms with E-state index in [0.29, 0.717) is 17.2 Å². The molecule has 0 radical (unpaired) electrons. The molecular formula is C17H16F2N4O2. The third-order valence-electron chi connectivity index (χ3n) is 3.67. The third-order valence-corrected chi connectivity index (χ3v) is 3.67. The zero-order valence-electron chi connectivity index (χ0n) is 13.4. The number of nitrogen functional groups attached to an aromatic ring is 1. The second-order valence-corrected chi connectivity index (χ2v) is 5.75. The van der Waals surface area contributed by atoms with Crippen molar-refractivity contribution in [1.29, 1.82) is 5.26 Å². The molecule has 0 bridgehead atoms. The van der Waals surface area contributed by atoms with Gasteiger partial charge in [0, 0.05) is 24.5 Å². The Balaban J connectivity index is 1.83. The van der Waals surface area contributed by atoms with E-state index in [4.69, 9.17) is 20.5 Å². The maximum absolute atomic E-state index is 12.6. The monoisotopic (exact) mass is 346 g/mol. The van der Waals surface area contributed by atoms with Crippen LogP contribution in [0.5, 0.6) is 11.5 Å². The Bertz CT molecular complexity index is 802. The second-order valence-electron chi connectivity index (χ2n) is 5.75. The molecule has 25 heavy (non-hydrogen) atoms. The molecule has 1 fully saturated rings. The molecule has 0 saturated heterocycles. The summed E-state index contributed by atoms with van der Waals surface area (Å²) in [4.78, 5) is 7.82. The van der Waals surface area contributed by atoms with Gasteiger partial charge in [-0.15, -0.1) is 0 Å². The van der Waals surface area contributed by atoms with E-state index in [0.717, 1.165) is 25.2 Å². The summed E-state index contributed by atoms with van der Waals surface area (Å²) in [7, 11) is 0. The van der Waals surface area contributed by atoms with Gasteiger partial charge in [-0.2, -0.15) is 5.26 Å². The number of nitrogens with two attached hydrogens (primary N) is 1. The van der Waals surface area contributed by atoms with Crippen LogP contribution in [0.4, 0.5) is 14.5 Å². The van der Waals surface area contributed by atoms with Crippen LogP contribution < -0.4 is 15.2 Å². The summed E-state index contributed by atoms with van der Waals surface area (Å²) in [6, 6.07) is 5.04. The van der Waals surface area contributed by atoms with Crippen molar-refractivity contribution in [3.8, 4) is 17.6 Å². The number of benzene rings is 1. The molecule has 1 saturated carbocycles. The van der Waals surface area contributed by atoms with Crippen molar-refractivity contribution in [3.63, 3.8) is 0 Å². The van der Waals surface area contributed by atoms with Crippen LogP contribution in [0.3, 0.4) is 0 Å². The molecule has 130 valence electrons. The first kappa shape index (κ1) is 16.9. The highest BCUT2D eigenvalue weighted by Gasteiger charge is 2.26. The van der Waals surface area contributed by atoms with Gasteiger partial charge in [0.1, 0.15) is 6.07 Å². The summed E-state index contributed by atoms with van der Waals surface area (Å²) < 4.78 is 36.7. The highest BCUT2D eigenvalue weighted by Crippen LogP contribution is 2.38. The summed E-state index contributed by atoms with van der Waals surface area (Å²) in [5.41, 5.74) is 6.14. The van der Waals surface area contributed by atoms with Crippen molar-refractivity contribution >= 4 is 5.69 Å². The minimum atomic E-state index is -2.63. The van der Waals surface area contributed by atoms with Gasteiger partial charge in [-0.1, -0.05) is 0 Å². The molecule has 1 aromatic carbocycles. The van der Waals surface area contributed by atoms with Crippen LogP contribution >= 0.6 is 0 Å². The van der Waals surface area contributed by atoms with Crippen LogP contribution in [0.1, 0.15) is 49.2 Å². The molecule has 0 aliphatic heterocycles. The molecule has 0 amide bonds. The lowest BCUT2D eigenvalue weighted by Crippen LogP contribution is -2.10. The van der Waals surface area contributed by atoms with E-state index in [1.165, 1.54) is 6.07 Å². The van der Waals surface area contributed by atoms with Crippen LogP contribution in [0.2, 0.25) is 0 Å². The molecule has 1 unspecified atom stereocenters. The van der Waals surface area contributed by atoms with Crippen molar-refractivity contribution in [2.75, 3.05) is 5.73 Å². The largest absolute Gasteiger partial charge is 0.486 e. The fraction of sp³-hybridized carbons (Fsp3) is 0.353. The number of ether oxygens (including phenoxy) is 2. The number of hydrogen-bond acceptors (Lipinski definition) is 6. The minimum absolute atomic E-state index is 0.117. The molecule has 1 aromatic heterocycles. The van der Waals surface area contributed by atoms with E-state index in [1.807, 2.05) is 6.07 Å². The molecule has 3 rings (SSSR count). The third kappa shape index (κ3) is 3.94. The predicted molar refractivity (Wildman–Crippen MR) is 85.3 cm³/mol. The van der Waals surface area contributed by atoms with Crippen LogP contribution in [-0.2, 0) is 0 Å². The van der Waals surface area contributed by atoms with Gasteiger partial charge in [0.15, 0.2) is 23.4 Å². The molecule has 1 aliphatic carbocycles. The van der Waals surface area contributed by atoms with E-state index in [2.05, 4.69) is 9.97 Å². The summed E-state index contributed by atoms with van der Waals surface area (Å²) in [5.74, 6) is 1.03. The molecule has 1 atom stereocenters. The van der Waals surface area contributed by atoms with Gasteiger partial charge in [0.25, 0.3) is 6.43 Å². The number of rotatable bonds is 6. The van der Waals surface area contributed by atoms with Crippen molar-refractivity contribution in [1.82, 2.24) is 9.97 Å². The Hall–Kier alpha value is -2.95. The Morgan fingerprint density at radius 2 is 1.92 bits per heavy atom. The van der Waals surface area contributed by atoms with Crippen molar-refractivity contribution in [2.45, 2.75) is 38.4 Å². The van der Waals surface area contributed by atoms with Crippen LogP contribution in [-0.4, -0.2) is 16.1 Å². The van der Waals surface area contributed by atoms with Gasteiger partial charge in [0.2, 0.25) is 0 Å². The van der Waals surface area contributed by atoms with Crippen molar-refractivity contribution < 1.29 is 18.3 Å². The zero-order chi connectivity index (χ0) is 18.0. The number of nitriles is 1. The minimum Gasteiger partial charge on any atom is -0.486 e. The van der Waals surface area contributed by atoms with E-state index < -0.39 is 12.5 Å². The standard InChI is InChI=1S/C17H16F2N4O2/c1-9(17-22-7-11(8-23-17)16(18)19)24-14-4-10(6-20)13(21)5-15(14)25-12-2-3-12/h4-5,7-9,12,16H,2-3,21H2,1H3. The lowest BCUT2D eigenvalue weighted by molar-refractivity contribution is 0.149. The Kier molecular flexibility index (Phi) is 4.65. The lowest BCUT2D eigenvalue weighted by atomic mass is 10.1. The average Bonchev–Trinajstić information content (AvgIpc) is 3.41. The van der Waals surface area contributed by atoms with Crippen LogP contribution in [0.25, 0.3) is 0 Å². The van der Waals surface area contributed by atoms with Crippen molar-refractivity contribution in [2.24, 2.45) is 0 Å². The van der Waals surface area contributed by atoms with Gasteiger partial charge in [-0.25, -0.2) is 18.7 Å². The molecule has 1 aliphatic rings. The highest BCUT2D eigenvalue weighted by atomic mass is 19.3.